The number of hydrogen-bond donors (Lipinski definition) is 0. The van der Waals surface area contributed by atoms with Gasteiger partial charge in [0.1, 0.15) is 0 Å². The fraction of sp³-hybridized carbons (Fsp3) is 0.571. The van der Waals surface area contributed by atoms with Crippen molar-refractivity contribution < 1.29 is 4.74 Å². The Balaban J connectivity index is 2.24. The molecule has 1 heteroatoms. The molecule has 15 heavy (non-hydrogen) atoms. The first-order valence-corrected chi connectivity index (χ1v) is 6.02. The zero-order valence-corrected chi connectivity index (χ0v) is 9.96. The van der Waals surface area contributed by atoms with Crippen LogP contribution in [0.15, 0.2) is 24.3 Å². The van der Waals surface area contributed by atoms with E-state index in [9.17, 15) is 0 Å². The Morgan fingerprint density at radius 2 is 1.87 bits per heavy atom. The fourth-order valence-corrected chi connectivity index (χ4v) is 1.63. The largest absolute Gasteiger partial charge is 0.381 e. The minimum absolute atomic E-state index is 0.893. The average Bonchev–Trinajstić information content (AvgIpc) is 2.29. The highest BCUT2D eigenvalue weighted by molar-refractivity contribution is 5.23. The molecule has 0 unspecified atom stereocenters. The summed E-state index contributed by atoms with van der Waals surface area (Å²) in [5.41, 5.74) is 2.87. The van der Waals surface area contributed by atoms with Crippen molar-refractivity contribution in [2.45, 2.75) is 39.5 Å². The normalized spacial score (nSPS) is 10.5. The summed E-state index contributed by atoms with van der Waals surface area (Å²) in [6.07, 6.45) is 4.51. The van der Waals surface area contributed by atoms with Gasteiger partial charge in [0.2, 0.25) is 0 Å². The quantitative estimate of drug-likeness (QED) is 0.619. The summed E-state index contributed by atoms with van der Waals surface area (Å²) in [6.45, 7) is 6.13. The molecular formula is C14H22O. The third kappa shape index (κ3) is 4.98. The SMILES string of the molecule is CCCOCCCc1cccc(CC)c1. The van der Waals surface area contributed by atoms with E-state index in [1.807, 2.05) is 0 Å². The summed E-state index contributed by atoms with van der Waals surface area (Å²) in [5.74, 6) is 0. The van der Waals surface area contributed by atoms with Crippen LogP contribution in [-0.4, -0.2) is 13.2 Å². The third-order valence-electron chi connectivity index (χ3n) is 2.50. The molecule has 0 heterocycles. The van der Waals surface area contributed by atoms with Gasteiger partial charge in [-0.1, -0.05) is 38.1 Å². The molecule has 0 saturated heterocycles. The van der Waals surface area contributed by atoms with Crippen molar-refractivity contribution in [3.8, 4) is 0 Å². The lowest BCUT2D eigenvalue weighted by Crippen LogP contribution is -1.97. The van der Waals surface area contributed by atoms with Crippen molar-refractivity contribution in [3.63, 3.8) is 0 Å². The van der Waals surface area contributed by atoms with Gasteiger partial charge < -0.3 is 4.74 Å². The predicted octanol–water partition coefficient (Wildman–Crippen LogP) is 3.61. The Morgan fingerprint density at radius 1 is 1.07 bits per heavy atom. The Labute approximate surface area is 93.5 Å². The lowest BCUT2D eigenvalue weighted by molar-refractivity contribution is 0.132. The summed E-state index contributed by atoms with van der Waals surface area (Å²) < 4.78 is 5.46. The van der Waals surface area contributed by atoms with Crippen LogP contribution in [0.1, 0.15) is 37.8 Å². The summed E-state index contributed by atoms with van der Waals surface area (Å²) in [7, 11) is 0. The van der Waals surface area contributed by atoms with Gasteiger partial charge in [0.05, 0.1) is 0 Å². The highest BCUT2D eigenvalue weighted by Gasteiger charge is 1.95. The average molecular weight is 206 g/mol. The van der Waals surface area contributed by atoms with Crippen molar-refractivity contribution >= 4 is 0 Å². The minimum Gasteiger partial charge on any atom is -0.381 e. The van der Waals surface area contributed by atoms with Gasteiger partial charge in [0.15, 0.2) is 0 Å². The minimum atomic E-state index is 0.893. The number of rotatable bonds is 7. The zero-order chi connectivity index (χ0) is 10.9. The van der Waals surface area contributed by atoms with E-state index in [4.69, 9.17) is 4.74 Å². The molecule has 0 aliphatic heterocycles. The van der Waals surface area contributed by atoms with Gasteiger partial charge in [-0.15, -0.1) is 0 Å². The lowest BCUT2D eigenvalue weighted by Gasteiger charge is -2.04. The van der Waals surface area contributed by atoms with Gasteiger partial charge in [-0.3, -0.25) is 0 Å². The van der Waals surface area contributed by atoms with E-state index in [0.29, 0.717) is 0 Å². The van der Waals surface area contributed by atoms with Gasteiger partial charge in [0, 0.05) is 13.2 Å². The van der Waals surface area contributed by atoms with Crippen LogP contribution < -0.4 is 0 Å². The standard InChI is InChI=1S/C14H22O/c1-3-10-15-11-6-9-14-8-5-7-13(4-2)12-14/h5,7-8,12H,3-4,6,9-11H2,1-2H3. The second-order valence-electron chi connectivity index (χ2n) is 3.89. The van der Waals surface area contributed by atoms with Crippen molar-refractivity contribution in [1.29, 1.82) is 0 Å². The van der Waals surface area contributed by atoms with Gasteiger partial charge in [-0.2, -0.15) is 0 Å². The molecule has 0 aliphatic rings. The Morgan fingerprint density at radius 3 is 2.60 bits per heavy atom. The number of hydrogen-bond acceptors (Lipinski definition) is 1. The molecule has 1 aromatic rings. The molecular weight excluding hydrogens is 184 g/mol. The lowest BCUT2D eigenvalue weighted by atomic mass is 10.1. The highest BCUT2D eigenvalue weighted by Crippen LogP contribution is 2.08. The maximum absolute atomic E-state index is 5.46. The summed E-state index contributed by atoms with van der Waals surface area (Å²) >= 11 is 0. The van der Waals surface area contributed by atoms with Crippen LogP contribution in [0.4, 0.5) is 0 Å². The molecule has 1 nitrogen and oxygen atoms in total. The third-order valence-corrected chi connectivity index (χ3v) is 2.50. The van der Waals surface area contributed by atoms with Crippen LogP contribution in [0.2, 0.25) is 0 Å². The summed E-state index contributed by atoms with van der Waals surface area (Å²) in [5, 5.41) is 0. The molecule has 0 atom stereocenters. The van der Waals surface area contributed by atoms with Crippen LogP contribution in [0.3, 0.4) is 0 Å². The van der Waals surface area contributed by atoms with E-state index in [0.717, 1.165) is 38.9 Å². The second kappa shape index (κ2) is 7.47. The van der Waals surface area contributed by atoms with E-state index in [2.05, 4.69) is 38.1 Å². The Kier molecular flexibility index (Phi) is 6.10. The number of benzene rings is 1. The second-order valence-corrected chi connectivity index (χ2v) is 3.89. The molecule has 0 fully saturated rings. The molecule has 0 N–H and O–H groups in total. The monoisotopic (exact) mass is 206 g/mol. The number of aryl methyl sites for hydroxylation is 2. The first-order valence-electron chi connectivity index (χ1n) is 6.02. The maximum Gasteiger partial charge on any atom is 0.0469 e. The Hall–Kier alpha value is -0.820. The van der Waals surface area contributed by atoms with Crippen molar-refractivity contribution in [2.75, 3.05) is 13.2 Å². The van der Waals surface area contributed by atoms with Crippen molar-refractivity contribution in [3.05, 3.63) is 35.4 Å². The van der Waals surface area contributed by atoms with Crippen molar-refractivity contribution in [1.82, 2.24) is 0 Å². The molecule has 1 rings (SSSR count). The van der Waals surface area contributed by atoms with E-state index in [-0.39, 0.29) is 0 Å². The van der Waals surface area contributed by atoms with Gasteiger partial charge in [0.25, 0.3) is 0 Å². The van der Waals surface area contributed by atoms with E-state index < -0.39 is 0 Å². The molecule has 1 aromatic carbocycles. The van der Waals surface area contributed by atoms with Crippen LogP contribution in [0.25, 0.3) is 0 Å². The topological polar surface area (TPSA) is 9.23 Å². The van der Waals surface area contributed by atoms with Crippen LogP contribution >= 0.6 is 0 Å². The molecule has 0 amide bonds. The molecule has 0 aromatic heterocycles. The smallest absolute Gasteiger partial charge is 0.0469 e. The number of ether oxygens (including phenoxy) is 1. The van der Waals surface area contributed by atoms with Crippen LogP contribution in [0.5, 0.6) is 0 Å². The molecule has 0 spiro atoms. The summed E-state index contributed by atoms with van der Waals surface area (Å²) in [4.78, 5) is 0. The first kappa shape index (κ1) is 12.3. The molecule has 84 valence electrons. The van der Waals surface area contributed by atoms with Crippen LogP contribution in [-0.2, 0) is 17.6 Å². The van der Waals surface area contributed by atoms with Gasteiger partial charge >= 0.3 is 0 Å². The maximum atomic E-state index is 5.46. The Bertz CT molecular complexity index is 268. The molecule has 0 bridgehead atoms. The van der Waals surface area contributed by atoms with Gasteiger partial charge in [-0.25, -0.2) is 0 Å². The highest BCUT2D eigenvalue weighted by atomic mass is 16.5. The molecule has 0 aliphatic carbocycles. The van der Waals surface area contributed by atoms with Gasteiger partial charge in [-0.05, 0) is 36.8 Å². The predicted molar refractivity (Wildman–Crippen MR) is 65.3 cm³/mol. The fourth-order valence-electron chi connectivity index (χ4n) is 1.63. The first-order chi connectivity index (χ1) is 7.36. The molecule has 0 saturated carbocycles. The van der Waals surface area contributed by atoms with Crippen LogP contribution in [0, 0.1) is 0 Å². The van der Waals surface area contributed by atoms with E-state index >= 15 is 0 Å². The van der Waals surface area contributed by atoms with E-state index in [1.165, 1.54) is 11.1 Å². The zero-order valence-electron chi connectivity index (χ0n) is 9.96. The molecule has 0 radical (unpaired) electrons. The van der Waals surface area contributed by atoms with E-state index in [1.54, 1.807) is 0 Å². The van der Waals surface area contributed by atoms with Crippen molar-refractivity contribution in [2.24, 2.45) is 0 Å². The summed E-state index contributed by atoms with van der Waals surface area (Å²) in [6, 6.07) is 8.86.